The zero-order valence-electron chi connectivity index (χ0n) is 10.1. The predicted molar refractivity (Wildman–Crippen MR) is 85.2 cm³/mol. The van der Waals surface area contributed by atoms with E-state index in [1.54, 1.807) is 12.1 Å². The van der Waals surface area contributed by atoms with Crippen LogP contribution in [0.2, 0.25) is 5.02 Å². The van der Waals surface area contributed by atoms with Gasteiger partial charge in [0.2, 0.25) is 0 Å². The monoisotopic (exact) mass is 387 g/mol. The number of carbonyl (C=O) groups is 1. The second-order valence-corrected chi connectivity index (χ2v) is 5.42. The summed E-state index contributed by atoms with van der Waals surface area (Å²) in [6.07, 6.45) is 0. The van der Waals surface area contributed by atoms with E-state index in [9.17, 15) is 4.79 Å². The Bertz CT molecular complexity index is 616. The van der Waals surface area contributed by atoms with Crippen LogP contribution in [-0.4, -0.2) is 13.1 Å². The molecule has 0 radical (unpaired) electrons. The van der Waals surface area contributed by atoms with Crippen LogP contribution in [0.4, 0.5) is 11.4 Å². The van der Waals surface area contributed by atoms with Gasteiger partial charge in [-0.25, -0.2) is 4.79 Å². The Morgan fingerprint density at radius 2 is 2.05 bits per heavy atom. The van der Waals surface area contributed by atoms with E-state index in [2.05, 4.69) is 32.6 Å². The Kier molecular flexibility index (Phi) is 4.66. The second kappa shape index (κ2) is 6.25. The maximum absolute atomic E-state index is 11.4. The summed E-state index contributed by atoms with van der Waals surface area (Å²) in [5.41, 5.74) is 2.34. The molecule has 0 fully saturated rings. The van der Waals surface area contributed by atoms with Crippen molar-refractivity contribution in [3.8, 4) is 0 Å². The molecule has 0 saturated carbocycles. The van der Waals surface area contributed by atoms with E-state index in [-0.39, 0.29) is 5.97 Å². The minimum absolute atomic E-state index is 0.341. The van der Waals surface area contributed by atoms with Gasteiger partial charge in [-0.2, -0.15) is 0 Å². The summed E-state index contributed by atoms with van der Waals surface area (Å²) in [6.45, 7) is 0. The van der Waals surface area contributed by atoms with Gasteiger partial charge in [0.15, 0.2) is 0 Å². The lowest BCUT2D eigenvalue weighted by Crippen LogP contribution is -2.02. The number of hydrogen-bond acceptors (Lipinski definition) is 3. The second-order valence-electron chi connectivity index (χ2n) is 3.82. The number of hydrogen-bond donors (Lipinski definition) is 1. The first-order chi connectivity index (χ1) is 9.10. The summed E-state index contributed by atoms with van der Waals surface area (Å²) in [5.74, 6) is -0.341. The summed E-state index contributed by atoms with van der Waals surface area (Å²) in [6, 6.07) is 12.8. The van der Waals surface area contributed by atoms with Crippen LogP contribution in [0.25, 0.3) is 0 Å². The molecule has 0 atom stereocenters. The van der Waals surface area contributed by atoms with Crippen LogP contribution < -0.4 is 5.32 Å². The topological polar surface area (TPSA) is 38.3 Å². The number of methoxy groups -OCH3 is 1. The summed E-state index contributed by atoms with van der Waals surface area (Å²) in [4.78, 5) is 11.4. The lowest BCUT2D eigenvalue weighted by atomic mass is 10.2. The molecule has 5 heteroatoms. The van der Waals surface area contributed by atoms with Gasteiger partial charge in [0.1, 0.15) is 0 Å². The molecule has 0 spiro atoms. The Morgan fingerprint density at radius 1 is 1.26 bits per heavy atom. The lowest BCUT2D eigenvalue weighted by Gasteiger charge is -2.10. The maximum Gasteiger partial charge on any atom is 0.337 e. The first-order valence-corrected chi connectivity index (χ1v) is 6.96. The average molecular weight is 388 g/mol. The molecule has 0 aromatic heterocycles. The molecule has 0 aliphatic heterocycles. The van der Waals surface area contributed by atoms with Gasteiger partial charge in [-0.15, -0.1) is 0 Å². The molecular weight excluding hydrogens is 377 g/mol. The zero-order chi connectivity index (χ0) is 13.8. The van der Waals surface area contributed by atoms with Crippen molar-refractivity contribution in [1.29, 1.82) is 0 Å². The standard InChI is InChI=1S/C14H11ClINO2/c1-19-14(18)9-5-6-13(12(16)7-9)17-11-4-2-3-10(15)8-11/h2-8,17H,1H3. The van der Waals surface area contributed by atoms with Crippen molar-refractivity contribution < 1.29 is 9.53 Å². The van der Waals surface area contributed by atoms with Crippen molar-refractivity contribution in [3.63, 3.8) is 0 Å². The van der Waals surface area contributed by atoms with E-state index in [1.165, 1.54) is 7.11 Å². The molecule has 1 N–H and O–H groups in total. The third-order valence-electron chi connectivity index (χ3n) is 2.49. The fourth-order valence-corrected chi connectivity index (χ4v) is 2.42. The molecule has 98 valence electrons. The van der Waals surface area contributed by atoms with Crippen molar-refractivity contribution in [3.05, 3.63) is 56.6 Å². The van der Waals surface area contributed by atoms with E-state index in [0.717, 1.165) is 14.9 Å². The quantitative estimate of drug-likeness (QED) is 0.623. The SMILES string of the molecule is COC(=O)c1ccc(Nc2cccc(Cl)c2)c(I)c1. The third-order valence-corrected chi connectivity index (χ3v) is 3.62. The largest absolute Gasteiger partial charge is 0.465 e. The van der Waals surface area contributed by atoms with E-state index >= 15 is 0 Å². The van der Waals surface area contributed by atoms with Gasteiger partial charge >= 0.3 is 5.97 Å². The van der Waals surface area contributed by atoms with Crippen LogP contribution in [0.5, 0.6) is 0 Å². The Hall–Kier alpha value is -1.27. The minimum atomic E-state index is -0.341. The van der Waals surface area contributed by atoms with E-state index in [0.29, 0.717) is 10.6 Å². The van der Waals surface area contributed by atoms with E-state index in [1.807, 2.05) is 30.3 Å². The van der Waals surface area contributed by atoms with Crippen molar-refractivity contribution in [1.82, 2.24) is 0 Å². The van der Waals surface area contributed by atoms with Crippen LogP contribution in [0.15, 0.2) is 42.5 Å². The van der Waals surface area contributed by atoms with Crippen LogP contribution in [0.1, 0.15) is 10.4 Å². The van der Waals surface area contributed by atoms with Gasteiger partial charge in [-0.3, -0.25) is 0 Å². The average Bonchev–Trinajstić information content (AvgIpc) is 2.40. The smallest absolute Gasteiger partial charge is 0.337 e. The van der Waals surface area contributed by atoms with Crippen LogP contribution in [-0.2, 0) is 4.74 Å². The molecule has 19 heavy (non-hydrogen) atoms. The number of esters is 1. The molecule has 0 saturated heterocycles. The van der Waals surface area contributed by atoms with Gasteiger partial charge in [0.05, 0.1) is 18.4 Å². The highest BCUT2D eigenvalue weighted by molar-refractivity contribution is 14.1. The van der Waals surface area contributed by atoms with Crippen LogP contribution >= 0.6 is 34.2 Å². The molecule has 2 aromatic carbocycles. The van der Waals surface area contributed by atoms with Crippen molar-refractivity contribution in [2.24, 2.45) is 0 Å². The molecule has 0 heterocycles. The molecule has 0 aliphatic carbocycles. The number of halogens is 2. The number of benzene rings is 2. The van der Waals surface area contributed by atoms with Crippen molar-refractivity contribution in [2.45, 2.75) is 0 Å². The van der Waals surface area contributed by atoms with Crippen LogP contribution in [0, 0.1) is 3.57 Å². The van der Waals surface area contributed by atoms with Gasteiger partial charge in [0.25, 0.3) is 0 Å². The number of nitrogens with one attached hydrogen (secondary N) is 1. The first-order valence-electron chi connectivity index (χ1n) is 5.50. The summed E-state index contributed by atoms with van der Waals surface area (Å²) < 4.78 is 5.62. The molecular formula is C14H11ClINO2. The Balaban J connectivity index is 2.24. The van der Waals surface area contributed by atoms with Crippen molar-refractivity contribution >= 4 is 51.5 Å². The summed E-state index contributed by atoms with van der Waals surface area (Å²) >= 11 is 8.10. The normalized spacial score (nSPS) is 10.1. The van der Waals surface area contributed by atoms with E-state index in [4.69, 9.17) is 11.6 Å². The van der Waals surface area contributed by atoms with Crippen LogP contribution in [0.3, 0.4) is 0 Å². The Labute approximate surface area is 130 Å². The highest BCUT2D eigenvalue weighted by Gasteiger charge is 2.08. The van der Waals surface area contributed by atoms with Gasteiger partial charge in [0, 0.05) is 14.3 Å². The maximum atomic E-state index is 11.4. The summed E-state index contributed by atoms with van der Waals surface area (Å²) in [5, 5.41) is 3.93. The fourth-order valence-electron chi connectivity index (χ4n) is 1.58. The van der Waals surface area contributed by atoms with Gasteiger partial charge in [-0.05, 0) is 59.0 Å². The molecule has 0 aliphatic rings. The lowest BCUT2D eigenvalue weighted by molar-refractivity contribution is 0.0600. The fraction of sp³-hybridized carbons (Fsp3) is 0.0714. The third kappa shape index (κ3) is 3.61. The number of rotatable bonds is 3. The summed E-state index contributed by atoms with van der Waals surface area (Å²) in [7, 11) is 1.37. The molecule has 2 rings (SSSR count). The van der Waals surface area contributed by atoms with Gasteiger partial charge in [-0.1, -0.05) is 17.7 Å². The molecule has 0 bridgehead atoms. The molecule has 0 unspecified atom stereocenters. The van der Waals surface area contributed by atoms with Gasteiger partial charge < -0.3 is 10.1 Å². The Morgan fingerprint density at radius 3 is 2.68 bits per heavy atom. The van der Waals surface area contributed by atoms with Crippen molar-refractivity contribution in [2.75, 3.05) is 12.4 Å². The highest BCUT2D eigenvalue weighted by atomic mass is 127. The molecule has 2 aromatic rings. The number of ether oxygens (including phenoxy) is 1. The number of carbonyl (C=O) groups excluding carboxylic acids is 1. The van der Waals surface area contributed by atoms with E-state index < -0.39 is 0 Å². The first kappa shape index (κ1) is 14.1. The predicted octanol–water partition coefficient (Wildman–Crippen LogP) is 4.47. The highest BCUT2D eigenvalue weighted by Crippen LogP contribution is 2.25. The minimum Gasteiger partial charge on any atom is -0.465 e. The molecule has 0 amide bonds. The molecule has 3 nitrogen and oxygen atoms in total. The number of anilines is 2. The zero-order valence-corrected chi connectivity index (χ0v) is 13.0.